The lowest BCUT2D eigenvalue weighted by Crippen LogP contribution is -2.38. The Labute approximate surface area is 203 Å². The van der Waals surface area contributed by atoms with Gasteiger partial charge in [0.15, 0.2) is 0 Å². The van der Waals surface area contributed by atoms with E-state index in [-0.39, 0.29) is 30.5 Å². The van der Waals surface area contributed by atoms with Gasteiger partial charge in [-0.25, -0.2) is 14.6 Å². The second-order valence-electron chi connectivity index (χ2n) is 8.45. The van der Waals surface area contributed by atoms with Gasteiger partial charge in [0.05, 0.1) is 11.9 Å². The molecule has 0 saturated heterocycles. The number of ether oxygens (including phenoxy) is 1. The van der Waals surface area contributed by atoms with Gasteiger partial charge in [-0.05, 0) is 40.8 Å². The summed E-state index contributed by atoms with van der Waals surface area (Å²) in [5.74, 6) is -1.49. The summed E-state index contributed by atoms with van der Waals surface area (Å²) in [6, 6.07) is 18.6. The van der Waals surface area contributed by atoms with Gasteiger partial charge in [-0.15, -0.1) is 0 Å². The van der Waals surface area contributed by atoms with E-state index in [1.807, 2.05) is 31.2 Å². The molecule has 2 aromatic carbocycles. The summed E-state index contributed by atoms with van der Waals surface area (Å²) in [6.45, 7) is 2.17. The molecule has 3 aromatic rings. The monoisotopic (exact) mass is 473 g/mol. The van der Waals surface area contributed by atoms with Crippen LogP contribution in [-0.4, -0.2) is 40.7 Å². The number of carbonyl (C=O) groups excluding carboxylic acids is 2. The van der Waals surface area contributed by atoms with Gasteiger partial charge < -0.3 is 20.5 Å². The van der Waals surface area contributed by atoms with E-state index in [4.69, 9.17) is 9.84 Å². The van der Waals surface area contributed by atoms with Crippen molar-refractivity contribution in [1.82, 2.24) is 10.3 Å². The number of aromatic nitrogens is 1. The number of benzene rings is 2. The van der Waals surface area contributed by atoms with Gasteiger partial charge in [0, 0.05) is 18.4 Å². The van der Waals surface area contributed by atoms with Gasteiger partial charge >= 0.3 is 12.1 Å². The third-order valence-corrected chi connectivity index (χ3v) is 6.00. The fourth-order valence-electron chi connectivity index (χ4n) is 4.41. The Bertz CT molecular complexity index is 1180. The summed E-state index contributed by atoms with van der Waals surface area (Å²) in [5.41, 5.74) is 4.86. The van der Waals surface area contributed by atoms with Crippen molar-refractivity contribution in [2.24, 2.45) is 0 Å². The van der Waals surface area contributed by atoms with Crippen molar-refractivity contribution in [3.05, 3.63) is 83.7 Å². The predicted octanol–water partition coefficient (Wildman–Crippen LogP) is 4.82. The molecule has 0 bridgehead atoms. The number of amides is 2. The Balaban J connectivity index is 1.33. The van der Waals surface area contributed by atoms with Crippen LogP contribution in [0, 0.1) is 0 Å². The van der Waals surface area contributed by atoms with Crippen LogP contribution in [0.2, 0.25) is 0 Å². The van der Waals surface area contributed by atoms with E-state index in [9.17, 15) is 14.4 Å². The average Bonchev–Trinajstić information content (AvgIpc) is 3.17. The highest BCUT2D eigenvalue weighted by molar-refractivity contribution is 5.92. The summed E-state index contributed by atoms with van der Waals surface area (Å²) in [6.07, 6.45) is 2.16. The van der Waals surface area contributed by atoms with E-state index < -0.39 is 18.1 Å². The number of fused-ring (bicyclic) bond motifs is 3. The lowest BCUT2D eigenvalue weighted by atomic mass is 9.98. The first-order valence-electron chi connectivity index (χ1n) is 11.6. The molecule has 0 spiro atoms. The number of aromatic carboxylic acids is 1. The zero-order valence-electron chi connectivity index (χ0n) is 19.4. The molecule has 1 heterocycles. The Kier molecular flexibility index (Phi) is 7.40. The molecule has 1 aliphatic rings. The number of anilines is 1. The predicted molar refractivity (Wildman–Crippen MR) is 131 cm³/mol. The number of carboxylic acids is 1. The lowest BCUT2D eigenvalue weighted by Gasteiger charge is -2.19. The molecule has 8 heteroatoms. The third-order valence-electron chi connectivity index (χ3n) is 6.00. The standard InChI is InChI=1S/C27H27N3O5/c1-2-7-17(14-25(31)29-18-12-13-24(26(32)33)28-15-18)30-27(34)35-16-23-21-10-5-3-8-19(21)20-9-4-6-11-22(20)23/h3-6,8-13,15,17,23H,2,7,14,16H2,1H3,(H,29,31)(H,30,34)(H,32,33)/t17-/m1/s1. The van der Waals surface area contributed by atoms with E-state index >= 15 is 0 Å². The van der Waals surface area contributed by atoms with E-state index in [1.165, 1.54) is 18.3 Å². The smallest absolute Gasteiger partial charge is 0.407 e. The Morgan fingerprint density at radius 1 is 1.00 bits per heavy atom. The molecule has 0 unspecified atom stereocenters. The lowest BCUT2D eigenvalue weighted by molar-refractivity contribution is -0.116. The van der Waals surface area contributed by atoms with Crippen LogP contribution < -0.4 is 10.6 Å². The number of alkyl carbamates (subject to hydrolysis) is 1. The van der Waals surface area contributed by atoms with E-state index in [0.717, 1.165) is 28.7 Å². The Morgan fingerprint density at radius 2 is 1.66 bits per heavy atom. The number of carboxylic acid groups (broad SMARTS) is 1. The molecule has 3 N–H and O–H groups in total. The fraction of sp³-hybridized carbons (Fsp3) is 0.259. The normalized spacial score (nSPS) is 12.8. The minimum Gasteiger partial charge on any atom is -0.477 e. The number of hydrogen-bond donors (Lipinski definition) is 3. The summed E-state index contributed by atoms with van der Waals surface area (Å²) >= 11 is 0. The highest BCUT2D eigenvalue weighted by Gasteiger charge is 2.29. The average molecular weight is 474 g/mol. The van der Waals surface area contributed by atoms with Crippen molar-refractivity contribution in [3.8, 4) is 11.1 Å². The number of nitrogens with one attached hydrogen (secondary N) is 2. The number of carbonyl (C=O) groups is 3. The molecule has 4 rings (SSSR count). The molecule has 0 radical (unpaired) electrons. The number of hydrogen-bond acceptors (Lipinski definition) is 5. The van der Waals surface area contributed by atoms with Crippen LogP contribution in [0.15, 0.2) is 66.9 Å². The SMILES string of the molecule is CCC[C@H](CC(=O)Nc1ccc(C(=O)O)nc1)NC(=O)OCC1c2ccccc2-c2ccccc21. The topological polar surface area (TPSA) is 118 Å². The van der Waals surface area contributed by atoms with Crippen LogP contribution in [0.25, 0.3) is 11.1 Å². The molecule has 0 saturated carbocycles. The summed E-state index contributed by atoms with van der Waals surface area (Å²) in [4.78, 5) is 39.8. The van der Waals surface area contributed by atoms with Crippen molar-refractivity contribution >= 4 is 23.7 Å². The molecule has 35 heavy (non-hydrogen) atoms. The maximum Gasteiger partial charge on any atom is 0.407 e. The first kappa shape index (κ1) is 23.9. The second-order valence-corrected chi connectivity index (χ2v) is 8.45. The van der Waals surface area contributed by atoms with Crippen molar-refractivity contribution < 1.29 is 24.2 Å². The van der Waals surface area contributed by atoms with Gasteiger partial charge in [0.2, 0.25) is 5.91 Å². The zero-order chi connectivity index (χ0) is 24.8. The highest BCUT2D eigenvalue weighted by Crippen LogP contribution is 2.44. The molecular weight excluding hydrogens is 446 g/mol. The number of nitrogens with zero attached hydrogens (tertiary/aromatic N) is 1. The van der Waals surface area contributed by atoms with Crippen LogP contribution in [0.1, 0.15) is 53.7 Å². The third kappa shape index (κ3) is 5.66. The van der Waals surface area contributed by atoms with Gasteiger partial charge in [-0.2, -0.15) is 0 Å². The largest absolute Gasteiger partial charge is 0.477 e. The van der Waals surface area contributed by atoms with Crippen molar-refractivity contribution in [2.75, 3.05) is 11.9 Å². The first-order valence-corrected chi connectivity index (χ1v) is 11.6. The van der Waals surface area contributed by atoms with E-state index in [2.05, 4.69) is 39.9 Å². The summed E-state index contributed by atoms with van der Waals surface area (Å²) in [7, 11) is 0. The highest BCUT2D eigenvalue weighted by atomic mass is 16.5. The quantitative estimate of drug-likeness (QED) is 0.410. The van der Waals surface area contributed by atoms with Crippen molar-refractivity contribution in [1.29, 1.82) is 0 Å². The molecule has 1 aliphatic carbocycles. The Morgan fingerprint density at radius 3 is 2.23 bits per heavy atom. The van der Waals surface area contributed by atoms with Crippen LogP contribution in [0.5, 0.6) is 0 Å². The molecule has 1 atom stereocenters. The zero-order valence-corrected chi connectivity index (χ0v) is 19.4. The number of pyridine rings is 1. The molecular formula is C27H27N3O5. The Hall–Kier alpha value is -4.20. The maximum absolute atomic E-state index is 12.6. The summed E-state index contributed by atoms with van der Waals surface area (Å²) < 4.78 is 5.60. The van der Waals surface area contributed by atoms with Gasteiger partial charge in [-0.3, -0.25) is 4.79 Å². The number of rotatable bonds is 9. The van der Waals surface area contributed by atoms with Crippen LogP contribution in [0.3, 0.4) is 0 Å². The van der Waals surface area contributed by atoms with Gasteiger partial charge in [0.1, 0.15) is 12.3 Å². The first-order chi connectivity index (χ1) is 17.0. The molecule has 8 nitrogen and oxygen atoms in total. The van der Waals surface area contributed by atoms with E-state index in [1.54, 1.807) is 0 Å². The second kappa shape index (κ2) is 10.8. The molecule has 180 valence electrons. The minimum atomic E-state index is -1.14. The maximum atomic E-state index is 12.6. The molecule has 2 amide bonds. The fourth-order valence-corrected chi connectivity index (χ4v) is 4.41. The minimum absolute atomic E-state index is 0.0395. The van der Waals surface area contributed by atoms with E-state index in [0.29, 0.717) is 12.1 Å². The van der Waals surface area contributed by atoms with Gasteiger partial charge in [-0.1, -0.05) is 61.9 Å². The summed E-state index contributed by atoms with van der Waals surface area (Å²) in [5, 5.41) is 14.4. The van der Waals surface area contributed by atoms with Gasteiger partial charge in [0.25, 0.3) is 0 Å². The molecule has 1 aromatic heterocycles. The van der Waals surface area contributed by atoms with Crippen LogP contribution in [-0.2, 0) is 9.53 Å². The van der Waals surface area contributed by atoms with Crippen LogP contribution >= 0.6 is 0 Å². The van der Waals surface area contributed by atoms with Crippen LogP contribution in [0.4, 0.5) is 10.5 Å². The van der Waals surface area contributed by atoms with Crippen molar-refractivity contribution in [2.45, 2.75) is 38.1 Å². The molecule has 0 aliphatic heterocycles. The van der Waals surface area contributed by atoms with Crippen molar-refractivity contribution in [3.63, 3.8) is 0 Å². The molecule has 0 fully saturated rings.